The molecule has 0 bridgehead atoms. The van der Waals surface area contributed by atoms with E-state index in [9.17, 15) is 22.8 Å². The molecule has 0 aromatic carbocycles. The maximum absolute atomic E-state index is 13.1. The Labute approximate surface area is 237 Å². The molecule has 40 heavy (non-hydrogen) atoms. The van der Waals surface area contributed by atoms with E-state index in [1.54, 1.807) is 13.0 Å². The van der Waals surface area contributed by atoms with Gasteiger partial charge in [-0.25, -0.2) is 19.9 Å². The van der Waals surface area contributed by atoms with Gasteiger partial charge in [0, 0.05) is 44.2 Å². The van der Waals surface area contributed by atoms with Crippen LogP contribution < -0.4 is 10.6 Å². The lowest BCUT2D eigenvalue weighted by molar-refractivity contribution is -0.137. The van der Waals surface area contributed by atoms with Crippen LogP contribution >= 0.6 is 22.9 Å². The van der Waals surface area contributed by atoms with E-state index in [1.165, 1.54) is 12.5 Å². The van der Waals surface area contributed by atoms with E-state index in [0.29, 0.717) is 23.4 Å². The Morgan fingerprint density at radius 2 is 1.90 bits per heavy atom. The summed E-state index contributed by atoms with van der Waals surface area (Å²) in [6.07, 6.45) is -0.213. The lowest BCUT2D eigenvalue weighted by Gasteiger charge is -2.26. The number of rotatable bonds is 11. The zero-order valence-electron chi connectivity index (χ0n) is 21.5. The van der Waals surface area contributed by atoms with Crippen molar-refractivity contribution in [3.63, 3.8) is 0 Å². The molecule has 0 radical (unpaired) electrons. The van der Waals surface area contributed by atoms with Gasteiger partial charge in [0.15, 0.2) is 5.78 Å². The number of amides is 1. The predicted molar refractivity (Wildman–Crippen MR) is 144 cm³/mol. The molecule has 4 heterocycles. The highest BCUT2D eigenvalue weighted by molar-refractivity contribution is 7.13. The SMILES string of the molecule is CC(CC(=O)c1cc(NCCCN2CCOCC2)ncn1)c1ncc(C(=O)Nc2cc(C(F)(F)F)c(Cl)cn2)s1. The summed E-state index contributed by atoms with van der Waals surface area (Å²) < 4.78 is 44.6. The van der Waals surface area contributed by atoms with Crippen molar-refractivity contribution in [3.8, 4) is 0 Å². The summed E-state index contributed by atoms with van der Waals surface area (Å²) in [5, 5.41) is 5.50. The quantitative estimate of drug-likeness (QED) is 0.238. The molecule has 214 valence electrons. The third kappa shape index (κ3) is 8.16. The summed E-state index contributed by atoms with van der Waals surface area (Å²) >= 11 is 6.61. The summed E-state index contributed by atoms with van der Waals surface area (Å²) in [6.45, 7) is 6.81. The van der Waals surface area contributed by atoms with E-state index in [0.717, 1.165) is 56.8 Å². The van der Waals surface area contributed by atoms with Gasteiger partial charge in [-0.1, -0.05) is 18.5 Å². The van der Waals surface area contributed by atoms with E-state index in [-0.39, 0.29) is 34.5 Å². The molecule has 1 aliphatic rings. The fraction of sp³-hybridized carbons (Fsp3) is 0.440. The Bertz CT molecular complexity index is 1330. The molecule has 1 unspecified atom stereocenters. The molecular formula is C25H27ClF3N7O3S. The van der Waals surface area contributed by atoms with Crippen LogP contribution in [0.2, 0.25) is 5.02 Å². The van der Waals surface area contributed by atoms with Crippen LogP contribution in [0.4, 0.5) is 24.8 Å². The monoisotopic (exact) mass is 597 g/mol. The van der Waals surface area contributed by atoms with Crippen LogP contribution in [0.1, 0.15) is 56.4 Å². The van der Waals surface area contributed by atoms with Crippen molar-refractivity contribution in [2.45, 2.75) is 31.9 Å². The van der Waals surface area contributed by atoms with Gasteiger partial charge in [0.25, 0.3) is 5.91 Å². The molecule has 0 saturated carbocycles. The number of halogens is 4. The molecule has 0 spiro atoms. The van der Waals surface area contributed by atoms with Crippen molar-refractivity contribution in [2.75, 3.05) is 50.0 Å². The predicted octanol–water partition coefficient (Wildman–Crippen LogP) is 4.76. The number of carbonyl (C=O) groups excluding carboxylic acids is 2. The summed E-state index contributed by atoms with van der Waals surface area (Å²) in [4.78, 5) is 44.2. The first kappa shape index (κ1) is 29.8. The van der Waals surface area contributed by atoms with Gasteiger partial charge in [-0.05, 0) is 19.0 Å². The van der Waals surface area contributed by atoms with E-state index in [4.69, 9.17) is 16.3 Å². The Morgan fingerprint density at radius 1 is 1.12 bits per heavy atom. The topological polar surface area (TPSA) is 122 Å². The first-order valence-electron chi connectivity index (χ1n) is 12.5. The Balaban J connectivity index is 1.29. The fourth-order valence-electron chi connectivity index (χ4n) is 3.94. The molecule has 3 aromatic rings. The van der Waals surface area contributed by atoms with Crippen molar-refractivity contribution < 1.29 is 27.5 Å². The number of pyridine rings is 1. The number of ketones is 1. The minimum Gasteiger partial charge on any atom is -0.379 e. The van der Waals surface area contributed by atoms with E-state index >= 15 is 0 Å². The molecule has 1 aliphatic heterocycles. The number of morpholine rings is 1. The Morgan fingerprint density at radius 3 is 2.65 bits per heavy atom. The van der Waals surface area contributed by atoms with Gasteiger partial charge >= 0.3 is 6.18 Å². The van der Waals surface area contributed by atoms with Gasteiger partial charge in [0.05, 0.1) is 35.0 Å². The molecule has 1 saturated heterocycles. The maximum Gasteiger partial charge on any atom is 0.418 e. The summed E-state index contributed by atoms with van der Waals surface area (Å²) in [5.74, 6) is -0.952. The van der Waals surface area contributed by atoms with Crippen LogP contribution in [0.15, 0.2) is 30.9 Å². The molecular weight excluding hydrogens is 571 g/mol. The highest BCUT2D eigenvalue weighted by atomic mass is 35.5. The second-order valence-electron chi connectivity index (χ2n) is 9.12. The van der Waals surface area contributed by atoms with Crippen LogP contribution in [0.3, 0.4) is 0 Å². The highest BCUT2D eigenvalue weighted by Gasteiger charge is 2.34. The fourth-order valence-corrected chi connectivity index (χ4v) is 5.02. The van der Waals surface area contributed by atoms with Crippen molar-refractivity contribution >= 4 is 46.3 Å². The molecule has 2 N–H and O–H groups in total. The van der Waals surface area contributed by atoms with E-state index in [1.807, 2.05) is 0 Å². The molecule has 10 nitrogen and oxygen atoms in total. The first-order valence-corrected chi connectivity index (χ1v) is 13.7. The summed E-state index contributed by atoms with van der Waals surface area (Å²) in [5.41, 5.74) is -0.839. The minimum atomic E-state index is -4.69. The summed E-state index contributed by atoms with van der Waals surface area (Å²) in [7, 11) is 0. The smallest absolute Gasteiger partial charge is 0.379 e. The number of nitrogens with one attached hydrogen (secondary N) is 2. The van der Waals surface area contributed by atoms with Crippen molar-refractivity contribution in [3.05, 3.63) is 57.0 Å². The van der Waals surface area contributed by atoms with Crippen molar-refractivity contribution in [2.24, 2.45) is 0 Å². The second kappa shape index (κ2) is 13.4. The molecule has 0 aliphatic carbocycles. The lowest BCUT2D eigenvalue weighted by atomic mass is 10.0. The zero-order chi connectivity index (χ0) is 28.7. The van der Waals surface area contributed by atoms with Crippen LogP contribution in [0.25, 0.3) is 0 Å². The average Bonchev–Trinajstić information content (AvgIpc) is 3.43. The number of ether oxygens (including phenoxy) is 1. The third-order valence-corrected chi connectivity index (χ3v) is 7.61. The van der Waals surface area contributed by atoms with Gasteiger partial charge in [-0.3, -0.25) is 14.5 Å². The number of alkyl halides is 3. The average molecular weight is 598 g/mol. The Kier molecular flexibility index (Phi) is 10.0. The van der Waals surface area contributed by atoms with Gasteiger partial charge in [0.1, 0.15) is 28.5 Å². The first-order chi connectivity index (χ1) is 19.1. The summed E-state index contributed by atoms with van der Waals surface area (Å²) in [6, 6.07) is 2.28. The Hall–Kier alpha value is -3.20. The number of carbonyl (C=O) groups is 2. The van der Waals surface area contributed by atoms with Crippen molar-refractivity contribution in [1.29, 1.82) is 0 Å². The molecule has 1 amide bonds. The number of hydrogen-bond donors (Lipinski definition) is 2. The molecule has 15 heteroatoms. The number of aromatic nitrogens is 4. The molecule has 1 atom stereocenters. The standard InChI is InChI=1S/C25H27ClF3N7O3S/c1-15(9-19(37)18-11-21(34-14-33-18)30-3-2-4-36-5-7-39-8-6-36)24-32-13-20(40-24)23(38)35-22-10-16(25(27,28)29)17(26)12-31-22/h10-15H,2-9H2,1H3,(H,30,33,34)(H,31,35,38). The number of nitrogens with zero attached hydrogens (tertiary/aromatic N) is 5. The highest BCUT2D eigenvalue weighted by Crippen LogP contribution is 2.35. The lowest BCUT2D eigenvalue weighted by Crippen LogP contribution is -2.37. The van der Waals surface area contributed by atoms with E-state index in [2.05, 4.69) is 35.5 Å². The van der Waals surface area contributed by atoms with Gasteiger partial charge in [0.2, 0.25) is 0 Å². The van der Waals surface area contributed by atoms with Gasteiger partial charge < -0.3 is 15.4 Å². The zero-order valence-corrected chi connectivity index (χ0v) is 23.1. The number of anilines is 2. The van der Waals surface area contributed by atoms with Crippen LogP contribution in [0.5, 0.6) is 0 Å². The largest absolute Gasteiger partial charge is 0.418 e. The third-order valence-electron chi connectivity index (χ3n) is 6.08. The second-order valence-corrected chi connectivity index (χ2v) is 10.6. The molecule has 4 rings (SSSR count). The number of Topliss-reactive ketones (excluding diaryl/α,β-unsaturated/α-hetero) is 1. The van der Waals surface area contributed by atoms with E-state index < -0.39 is 22.7 Å². The minimum absolute atomic E-state index is 0.0930. The van der Waals surface area contributed by atoms with Crippen molar-refractivity contribution in [1.82, 2.24) is 24.8 Å². The van der Waals surface area contributed by atoms with Crippen LogP contribution in [0, 0.1) is 0 Å². The maximum atomic E-state index is 13.1. The number of thiazole rings is 1. The molecule has 3 aromatic heterocycles. The van der Waals surface area contributed by atoms with Gasteiger partial charge in [-0.2, -0.15) is 13.2 Å². The van der Waals surface area contributed by atoms with Crippen LogP contribution in [-0.2, 0) is 10.9 Å². The van der Waals surface area contributed by atoms with Gasteiger partial charge in [-0.15, -0.1) is 11.3 Å². The number of hydrogen-bond acceptors (Lipinski definition) is 10. The molecule has 1 fully saturated rings. The van der Waals surface area contributed by atoms with Crippen LogP contribution in [-0.4, -0.2) is 75.9 Å². The normalized spacial score (nSPS) is 15.0.